The van der Waals surface area contributed by atoms with Gasteiger partial charge in [0.15, 0.2) is 13.1 Å². The zero-order chi connectivity index (χ0) is 19.3. The van der Waals surface area contributed by atoms with E-state index in [1.54, 1.807) is 0 Å². The van der Waals surface area contributed by atoms with Crippen molar-refractivity contribution >= 4 is 23.2 Å². The van der Waals surface area contributed by atoms with E-state index in [2.05, 4.69) is 10.6 Å². The number of anilines is 2. The summed E-state index contributed by atoms with van der Waals surface area (Å²) in [6.45, 7) is 8.39. The van der Waals surface area contributed by atoms with E-state index in [-0.39, 0.29) is 24.9 Å². The zero-order valence-electron chi connectivity index (χ0n) is 16.2. The van der Waals surface area contributed by atoms with E-state index >= 15 is 0 Å². The molecule has 0 aromatic heterocycles. The number of hydrogen-bond acceptors (Lipinski definition) is 2. The van der Waals surface area contributed by atoms with E-state index in [1.165, 1.54) is 0 Å². The molecule has 0 aliphatic rings. The van der Waals surface area contributed by atoms with Gasteiger partial charge in [-0.2, -0.15) is 0 Å². The van der Waals surface area contributed by atoms with Gasteiger partial charge < -0.3 is 15.5 Å². The van der Waals surface area contributed by atoms with Gasteiger partial charge in [0.25, 0.3) is 11.8 Å². The highest BCUT2D eigenvalue weighted by Crippen LogP contribution is 2.19. The number of carbonyl (C=O) groups is 2. The summed E-state index contributed by atoms with van der Waals surface area (Å²) < 4.78 is 0. The molecule has 0 aliphatic carbocycles. The van der Waals surface area contributed by atoms with Crippen LogP contribution in [-0.2, 0) is 9.59 Å². The second-order valence-electron chi connectivity index (χ2n) is 6.99. The van der Waals surface area contributed by atoms with Crippen molar-refractivity contribution < 1.29 is 14.5 Å². The van der Waals surface area contributed by atoms with Gasteiger partial charge in [-0.25, -0.2) is 0 Å². The summed E-state index contributed by atoms with van der Waals surface area (Å²) in [5.41, 5.74) is 5.92. The van der Waals surface area contributed by atoms with Gasteiger partial charge in [-0.1, -0.05) is 35.9 Å². The van der Waals surface area contributed by atoms with Gasteiger partial charge in [0, 0.05) is 11.4 Å². The Morgan fingerprint density at radius 1 is 0.846 bits per heavy atom. The molecule has 2 rings (SSSR count). The molecule has 0 bridgehead atoms. The van der Waals surface area contributed by atoms with E-state index in [0.717, 1.165) is 38.5 Å². The van der Waals surface area contributed by atoms with E-state index in [9.17, 15) is 9.59 Å². The van der Waals surface area contributed by atoms with Crippen LogP contribution in [0.2, 0.25) is 0 Å². The third-order valence-corrected chi connectivity index (χ3v) is 4.33. The molecule has 2 aromatic carbocycles. The highest BCUT2D eigenvalue weighted by atomic mass is 16.2. The van der Waals surface area contributed by atoms with Gasteiger partial charge in [-0.3, -0.25) is 9.59 Å². The van der Waals surface area contributed by atoms with Crippen molar-refractivity contribution in [3.63, 3.8) is 0 Å². The second-order valence-corrected chi connectivity index (χ2v) is 6.99. The van der Waals surface area contributed by atoms with E-state index in [1.807, 2.05) is 71.1 Å². The third kappa shape index (κ3) is 5.43. The highest BCUT2D eigenvalue weighted by molar-refractivity contribution is 5.94. The largest absolute Gasteiger partial charge is 0.322 e. The van der Waals surface area contributed by atoms with Crippen LogP contribution in [0.15, 0.2) is 36.4 Å². The van der Waals surface area contributed by atoms with Crippen LogP contribution in [0.4, 0.5) is 11.4 Å². The monoisotopic (exact) mass is 354 g/mol. The standard InChI is InChI=1S/C21H27N3O2/c1-14-9-10-18(17(4)11-14)22-19(25)12-24(5)13-20(26)23-21-15(2)7-6-8-16(21)3/h6-11H,12-13H2,1-5H3,(H,22,25)(H,23,26)/p+1. The van der Waals surface area contributed by atoms with Crippen LogP contribution in [0.5, 0.6) is 0 Å². The molecule has 0 saturated heterocycles. The Hall–Kier alpha value is -2.66. The number of benzene rings is 2. The molecule has 0 radical (unpaired) electrons. The molecule has 5 nitrogen and oxygen atoms in total. The normalized spacial score (nSPS) is 11.7. The lowest BCUT2D eigenvalue weighted by Crippen LogP contribution is -3.11. The first kappa shape index (κ1) is 19.7. The van der Waals surface area contributed by atoms with Crippen molar-refractivity contribution in [1.29, 1.82) is 0 Å². The lowest BCUT2D eigenvalue weighted by molar-refractivity contribution is -0.862. The maximum absolute atomic E-state index is 12.3. The molecule has 138 valence electrons. The molecule has 0 spiro atoms. The maximum Gasteiger partial charge on any atom is 0.279 e. The van der Waals surface area contributed by atoms with Gasteiger partial charge in [-0.05, 0) is 50.5 Å². The Morgan fingerprint density at radius 2 is 1.42 bits per heavy atom. The van der Waals surface area contributed by atoms with Crippen LogP contribution < -0.4 is 15.5 Å². The SMILES string of the molecule is Cc1ccc(NC(=O)C[NH+](C)CC(=O)Nc2c(C)cccc2C)c(C)c1. The number of likely N-dealkylation sites (N-methyl/N-ethyl adjacent to an activating group) is 1. The minimum Gasteiger partial charge on any atom is -0.322 e. The summed E-state index contributed by atoms with van der Waals surface area (Å²) in [4.78, 5) is 25.4. The molecule has 2 amide bonds. The Balaban J connectivity index is 1.88. The van der Waals surface area contributed by atoms with Crippen LogP contribution in [0.3, 0.4) is 0 Å². The first-order chi connectivity index (χ1) is 12.3. The minimum absolute atomic E-state index is 0.0979. The fourth-order valence-corrected chi connectivity index (χ4v) is 2.95. The molecular formula is C21H28N3O2+. The summed E-state index contributed by atoms with van der Waals surface area (Å²) in [5, 5.41) is 5.87. The number of hydrogen-bond donors (Lipinski definition) is 3. The van der Waals surface area contributed by atoms with Crippen LogP contribution in [0, 0.1) is 27.7 Å². The molecular weight excluding hydrogens is 326 g/mol. The molecule has 0 heterocycles. The summed E-state index contributed by atoms with van der Waals surface area (Å²) in [6.07, 6.45) is 0. The van der Waals surface area contributed by atoms with Crippen molar-refractivity contribution in [2.75, 3.05) is 30.8 Å². The maximum atomic E-state index is 12.3. The molecule has 26 heavy (non-hydrogen) atoms. The quantitative estimate of drug-likeness (QED) is 0.743. The smallest absolute Gasteiger partial charge is 0.279 e. The van der Waals surface area contributed by atoms with Crippen LogP contribution in [-0.4, -0.2) is 32.0 Å². The van der Waals surface area contributed by atoms with Crippen LogP contribution in [0.25, 0.3) is 0 Å². The molecule has 0 aliphatic heterocycles. The summed E-state index contributed by atoms with van der Waals surface area (Å²) in [5.74, 6) is -0.200. The average Bonchev–Trinajstić information content (AvgIpc) is 2.53. The van der Waals surface area contributed by atoms with Crippen LogP contribution in [0.1, 0.15) is 22.3 Å². The summed E-state index contributed by atoms with van der Waals surface area (Å²) in [7, 11) is 1.84. The number of amides is 2. The van der Waals surface area contributed by atoms with Crippen molar-refractivity contribution in [1.82, 2.24) is 0 Å². The highest BCUT2D eigenvalue weighted by Gasteiger charge is 2.16. The lowest BCUT2D eigenvalue weighted by Gasteiger charge is -2.16. The fraction of sp³-hybridized carbons (Fsp3) is 0.333. The molecule has 1 atom stereocenters. The Bertz CT molecular complexity index is 795. The fourth-order valence-electron chi connectivity index (χ4n) is 2.95. The van der Waals surface area contributed by atoms with Gasteiger partial charge >= 0.3 is 0 Å². The Labute approximate surface area is 155 Å². The summed E-state index contributed by atoms with van der Waals surface area (Å²) in [6, 6.07) is 11.8. The van der Waals surface area contributed by atoms with Crippen LogP contribution >= 0.6 is 0 Å². The van der Waals surface area contributed by atoms with E-state index in [4.69, 9.17) is 0 Å². The number of para-hydroxylation sites is 1. The van der Waals surface area contributed by atoms with Gasteiger partial charge in [0.1, 0.15) is 0 Å². The first-order valence-corrected chi connectivity index (χ1v) is 8.80. The Kier molecular flexibility index (Phi) is 6.52. The first-order valence-electron chi connectivity index (χ1n) is 8.80. The predicted molar refractivity (Wildman–Crippen MR) is 106 cm³/mol. The van der Waals surface area contributed by atoms with Gasteiger partial charge in [0.05, 0.1) is 7.05 Å². The number of rotatable bonds is 6. The summed E-state index contributed by atoms with van der Waals surface area (Å²) >= 11 is 0. The molecule has 5 heteroatoms. The number of quaternary nitrogens is 1. The molecule has 3 N–H and O–H groups in total. The average molecular weight is 354 g/mol. The second kappa shape index (κ2) is 8.63. The molecule has 1 unspecified atom stereocenters. The minimum atomic E-state index is -0.102. The van der Waals surface area contributed by atoms with Gasteiger partial charge in [-0.15, -0.1) is 0 Å². The topological polar surface area (TPSA) is 62.6 Å². The van der Waals surface area contributed by atoms with E-state index < -0.39 is 0 Å². The lowest BCUT2D eigenvalue weighted by atomic mass is 10.1. The number of nitrogens with one attached hydrogen (secondary N) is 3. The van der Waals surface area contributed by atoms with Crippen molar-refractivity contribution in [2.45, 2.75) is 27.7 Å². The van der Waals surface area contributed by atoms with Crippen molar-refractivity contribution in [3.05, 3.63) is 58.7 Å². The molecule has 0 fully saturated rings. The number of carbonyl (C=O) groups excluding carboxylic acids is 2. The van der Waals surface area contributed by atoms with Crippen molar-refractivity contribution in [3.8, 4) is 0 Å². The van der Waals surface area contributed by atoms with E-state index in [0.29, 0.717) is 0 Å². The molecule has 0 saturated carbocycles. The number of aryl methyl sites for hydroxylation is 4. The van der Waals surface area contributed by atoms with Crippen molar-refractivity contribution in [2.24, 2.45) is 0 Å². The molecule has 2 aromatic rings. The zero-order valence-corrected chi connectivity index (χ0v) is 16.2. The van der Waals surface area contributed by atoms with Gasteiger partial charge in [0.2, 0.25) is 0 Å². The predicted octanol–water partition coefficient (Wildman–Crippen LogP) is 2.01. The Morgan fingerprint density at radius 3 is 2.00 bits per heavy atom. The third-order valence-electron chi connectivity index (χ3n) is 4.33.